The van der Waals surface area contributed by atoms with Crippen LogP contribution >= 0.6 is 0 Å². The van der Waals surface area contributed by atoms with Gasteiger partial charge >= 0.3 is 0 Å². The molecule has 1 N–H and O–H groups in total. The summed E-state index contributed by atoms with van der Waals surface area (Å²) in [6, 6.07) is 20.8. The maximum atomic E-state index is 10.3. The number of piperazine rings is 1. The summed E-state index contributed by atoms with van der Waals surface area (Å²) in [5.41, 5.74) is 2.50. The van der Waals surface area contributed by atoms with Crippen LogP contribution in [0.25, 0.3) is 0 Å². The molecule has 1 fully saturated rings. The monoisotopic (exact) mass is 296 g/mol. The highest BCUT2D eigenvalue weighted by molar-refractivity contribution is 5.46. The van der Waals surface area contributed by atoms with Crippen molar-refractivity contribution in [2.45, 2.75) is 12.5 Å². The van der Waals surface area contributed by atoms with Crippen molar-refractivity contribution < 1.29 is 5.11 Å². The Morgan fingerprint density at radius 1 is 0.818 bits per heavy atom. The van der Waals surface area contributed by atoms with Crippen LogP contribution in [-0.2, 0) is 6.42 Å². The molecule has 0 radical (unpaired) electrons. The van der Waals surface area contributed by atoms with Crippen LogP contribution in [0.2, 0.25) is 0 Å². The van der Waals surface area contributed by atoms with Crippen LogP contribution in [0.4, 0.5) is 5.69 Å². The van der Waals surface area contributed by atoms with Gasteiger partial charge in [-0.2, -0.15) is 0 Å². The Kier molecular flexibility index (Phi) is 5.09. The molecule has 0 unspecified atom stereocenters. The number of benzene rings is 2. The highest BCUT2D eigenvalue weighted by Gasteiger charge is 2.19. The van der Waals surface area contributed by atoms with Crippen molar-refractivity contribution in [3.05, 3.63) is 66.2 Å². The van der Waals surface area contributed by atoms with Gasteiger partial charge in [0.1, 0.15) is 0 Å². The second-order valence-electron chi connectivity index (χ2n) is 5.97. The summed E-state index contributed by atoms with van der Waals surface area (Å²) in [6.07, 6.45) is 0.449. The standard InChI is InChI=1S/C19H24N2O/c22-19(15-17-7-3-1-4-8-17)16-20-11-13-21(14-12-20)18-9-5-2-6-10-18/h1-10,19,22H,11-16H2/t19-/m0/s1. The smallest absolute Gasteiger partial charge is 0.0707 e. The molecule has 1 saturated heterocycles. The summed E-state index contributed by atoms with van der Waals surface area (Å²) in [7, 11) is 0. The van der Waals surface area contributed by atoms with Crippen molar-refractivity contribution in [3.63, 3.8) is 0 Å². The third-order valence-corrected chi connectivity index (χ3v) is 4.28. The first-order valence-electron chi connectivity index (χ1n) is 8.05. The molecule has 0 aliphatic carbocycles. The zero-order valence-electron chi connectivity index (χ0n) is 12.9. The molecule has 0 amide bonds. The first-order valence-corrected chi connectivity index (χ1v) is 8.05. The molecular weight excluding hydrogens is 272 g/mol. The highest BCUT2D eigenvalue weighted by atomic mass is 16.3. The largest absolute Gasteiger partial charge is 0.391 e. The average molecular weight is 296 g/mol. The summed E-state index contributed by atoms with van der Waals surface area (Å²) in [5.74, 6) is 0. The molecular formula is C19H24N2O. The van der Waals surface area contributed by atoms with Gasteiger partial charge in [-0.15, -0.1) is 0 Å². The summed E-state index contributed by atoms with van der Waals surface area (Å²) in [5, 5.41) is 10.3. The second kappa shape index (κ2) is 7.43. The Balaban J connectivity index is 1.46. The quantitative estimate of drug-likeness (QED) is 0.918. The van der Waals surface area contributed by atoms with E-state index in [0.29, 0.717) is 0 Å². The normalized spacial score (nSPS) is 17.4. The molecule has 3 heteroatoms. The van der Waals surface area contributed by atoms with Gasteiger partial charge in [0.25, 0.3) is 0 Å². The summed E-state index contributed by atoms with van der Waals surface area (Å²) in [4.78, 5) is 4.78. The fourth-order valence-corrected chi connectivity index (χ4v) is 3.08. The fraction of sp³-hybridized carbons (Fsp3) is 0.368. The molecule has 22 heavy (non-hydrogen) atoms. The van der Waals surface area contributed by atoms with E-state index >= 15 is 0 Å². The summed E-state index contributed by atoms with van der Waals surface area (Å²) < 4.78 is 0. The predicted octanol–water partition coefficient (Wildman–Crippen LogP) is 2.41. The van der Waals surface area contributed by atoms with E-state index in [0.717, 1.165) is 39.1 Å². The molecule has 3 rings (SSSR count). The molecule has 0 bridgehead atoms. The lowest BCUT2D eigenvalue weighted by Crippen LogP contribution is -2.48. The minimum Gasteiger partial charge on any atom is -0.391 e. The number of anilines is 1. The lowest BCUT2D eigenvalue weighted by Gasteiger charge is -2.37. The molecule has 116 valence electrons. The van der Waals surface area contributed by atoms with E-state index in [1.165, 1.54) is 11.3 Å². The Morgan fingerprint density at radius 3 is 2.05 bits per heavy atom. The third kappa shape index (κ3) is 4.09. The van der Waals surface area contributed by atoms with Crippen LogP contribution in [0.1, 0.15) is 5.56 Å². The van der Waals surface area contributed by atoms with Gasteiger partial charge in [0.2, 0.25) is 0 Å². The topological polar surface area (TPSA) is 26.7 Å². The number of hydrogen-bond donors (Lipinski definition) is 1. The van der Waals surface area contributed by atoms with E-state index < -0.39 is 0 Å². The van der Waals surface area contributed by atoms with Gasteiger partial charge in [-0.05, 0) is 24.1 Å². The predicted molar refractivity (Wildman–Crippen MR) is 91.2 cm³/mol. The van der Waals surface area contributed by atoms with Crippen LogP contribution in [-0.4, -0.2) is 48.8 Å². The molecule has 0 spiro atoms. The van der Waals surface area contributed by atoms with Crippen LogP contribution in [0.3, 0.4) is 0 Å². The number of aliphatic hydroxyl groups excluding tert-OH is 1. The number of para-hydroxylation sites is 1. The van der Waals surface area contributed by atoms with Crippen molar-refractivity contribution in [2.75, 3.05) is 37.6 Å². The molecule has 1 atom stereocenters. The maximum absolute atomic E-state index is 10.3. The molecule has 3 nitrogen and oxygen atoms in total. The zero-order chi connectivity index (χ0) is 15.2. The number of hydrogen-bond acceptors (Lipinski definition) is 3. The van der Waals surface area contributed by atoms with E-state index in [9.17, 15) is 5.11 Å². The van der Waals surface area contributed by atoms with Crippen molar-refractivity contribution in [3.8, 4) is 0 Å². The molecule has 1 aliphatic rings. The van der Waals surface area contributed by atoms with Gasteiger partial charge in [0.05, 0.1) is 6.10 Å². The minimum absolute atomic E-state index is 0.286. The molecule has 1 aliphatic heterocycles. The molecule has 2 aromatic carbocycles. The van der Waals surface area contributed by atoms with Crippen LogP contribution in [0, 0.1) is 0 Å². The molecule has 0 aromatic heterocycles. The maximum Gasteiger partial charge on any atom is 0.0707 e. The van der Waals surface area contributed by atoms with Crippen LogP contribution in [0.5, 0.6) is 0 Å². The second-order valence-corrected chi connectivity index (χ2v) is 5.97. The zero-order valence-corrected chi connectivity index (χ0v) is 12.9. The highest BCUT2D eigenvalue weighted by Crippen LogP contribution is 2.16. The summed E-state index contributed by atoms with van der Waals surface area (Å²) >= 11 is 0. The Hall–Kier alpha value is -1.84. The van der Waals surface area contributed by atoms with Crippen LogP contribution in [0.15, 0.2) is 60.7 Å². The van der Waals surface area contributed by atoms with Crippen molar-refractivity contribution in [1.82, 2.24) is 4.90 Å². The summed E-state index contributed by atoms with van der Waals surface area (Å²) in [6.45, 7) is 4.85. The van der Waals surface area contributed by atoms with E-state index in [1.54, 1.807) is 0 Å². The van der Waals surface area contributed by atoms with Gasteiger partial charge in [0.15, 0.2) is 0 Å². The first kappa shape index (κ1) is 15.1. The lowest BCUT2D eigenvalue weighted by molar-refractivity contribution is 0.109. The SMILES string of the molecule is O[C@@H](Cc1ccccc1)CN1CCN(c2ccccc2)CC1. The van der Waals surface area contributed by atoms with E-state index in [-0.39, 0.29) is 6.10 Å². The Bertz CT molecular complexity index is 550. The van der Waals surface area contributed by atoms with Gasteiger partial charge < -0.3 is 10.0 Å². The number of nitrogens with zero attached hydrogens (tertiary/aromatic N) is 2. The third-order valence-electron chi connectivity index (χ3n) is 4.28. The number of β-amino-alcohol motifs (C(OH)–C–C–N with tert-alkyl or cyclic N) is 1. The van der Waals surface area contributed by atoms with Crippen LogP contribution < -0.4 is 4.90 Å². The van der Waals surface area contributed by atoms with Crippen molar-refractivity contribution in [1.29, 1.82) is 0 Å². The molecule has 0 saturated carbocycles. The van der Waals surface area contributed by atoms with E-state index in [1.807, 2.05) is 18.2 Å². The average Bonchev–Trinajstić information content (AvgIpc) is 2.57. The Morgan fingerprint density at radius 2 is 1.41 bits per heavy atom. The van der Waals surface area contributed by atoms with Gasteiger partial charge in [0, 0.05) is 38.4 Å². The first-order chi connectivity index (χ1) is 10.8. The number of rotatable bonds is 5. The van der Waals surface area contributed by atoms with E-state index in [2.05, 4.69) is 52.3 Å². The molecule has 2 aromatic rings. The van der Waals surface area contributed by atoms with Gasteiger partial charge in [-0.25, -0.2) is 0 Å². The Labute approximate surface area is 132 Å². The lowest BCUT2D eigenvalue weighted by atomic mass is 10.1. The van der Waals surface area contributed by atoms with Gasteiger partial charge in [-0.1, -0.05) is 48.5 Å². The minimum atomic E-state index is -0.286. The van der Waals surface area contributed by atoms with Gasteiger partial charge in [-0.3, -0.25) is 4.90 Å². The van der Waals surface area contributed by atoms with E-state index in [4.69, 9.17) is 0 Å². The fourth-order valence-electron chi connectivity index (χ4n) is 3.08. The van der Waals surface area contributed by atoms with Crippen molar-refractivity contribution in [2.24, 2.45) is 0 Å². The molecule has 1 heterocycles. The number of aliphatic hydroxyl groups is 1. The van der Waals surface area contributed by atoms with Crippen molar-refractivity contribution >= 4 is 5.69 Å².